The molecule has 34 heavy (non-hydrogen) atoms. The third-order valence-electron chi connectivity index (χ3n) is 6.95. The Hall–Kier alpha value is -2.92. The number of thioether (sulfide) groups is 1. The number of nitrogens with one attached hydrogen (secondary N) is 2. The van der Waals surface area contributed by atoms with Crippen molar-refractivity contribution in [2.45, 2.75) is 31.8 Å². The molecule has 1 spiro atoms. The van der Waals surface area contributed by atoms with Crippen molar-refractivity contribution >= 4 is 56.6 Å². The first-order valence-electron chi connectivity index (χ1n) is 11.2. The summed E-state index contributed by atoms with van der Waals surface area (Å²) in [6, 6.07) is 1.73. The van der Waals surface area contributed by atoms with E-state index in [1.165, 1.54) is 6.33 Å². The molecule has 3 aromatic heterocycles. The second-order valence-electron chi connectivity index (χ2n) is 9.41. The number of carbonyl (C=O) groups excluding carboxylic acids is 2. The Balaban J connectivity index is 1.41. The molecule has 2 N–H and O–H groups in total. The standard InChI is InChI=1S/C23H24N6O3S2/c1-11-6-14(22(32)29-17(11)19(30)27-23(29)8-33-9-23)26-18-16-13-5-4-12(21(31)28(2)3)7-15(13)34-20(16)25-10-24-18/h6,10,12H,4-5,7-9H2,1-3H3,(H,27,30)(H,24,25,26). The summed E-state index contributed by atoms with van der Waals surface area (Å²) < 4.78 is 1.63. The number of thiophene rings is 1. The summed E-state index contributed by atoms with van der Waals surface area (Å²) in [5.74, 6) is 1.88. The van der Waals surface area contributed by atoms with Crippen molar-refractivity contribution in [1.29, 1.82) is 0 Å². The molecule has 6 rings (SSSR count). The van der Waals surface area contributed by atoms with Crippen LogP contribution >= 0.6 is 23.1 Å². The van der Waals surface area contributed by atoms with Crippen LogP contribution in [0.5, 0.6) is 0 Å². The van der Waals surface area contributed by atoms with Gasteiger partial charge >= 0.3 is 0 Å². The summed E-state index contributed by atoms with van der Waals surface area (Å²) in [4.78, 5) is 51.3. The van der Waals surface area contributed by atoms with Crippen molar-refractivity contribution in [3.8, 4) is 0 Å². The summed E-state index contributed by atoms with van der Waals surface area (Å²) in [7, 11) is 3.59. The second-order valence-corrected chi connectivity index (χ2v) is 11.5. The zero-order chi connectivity index (χ0) is 23.8. The molecule has 0 bridgehead atoms. The number of pyridine rings is 1. The molecule has 2 amide bonds. The Morgan fingerprint density at radius 1 is 1.29 bits per heavy atom. The van der Waals surface area contributed by atoms with Crippen LogP contribution in [-0.4, -0.2) is 56.9 Å². The minimum Gasteiger partial charge on any atom is -0.349 e. The van der Waals surface area contributed by atoms with E-state index in [0.717, 1.165) is 39.1 Å². The van der Waals surface area contributed by atoms with E-state index in [1.807, 2.05) is 6.92 Å². The van der Waals surface area contributed by atoms with Gasteiger partial charge in [0.1, 0.15) is 34.0 Å². The van der Waals surface area contributed by atoms with Crippen molar-refractivity contribution in [2.75, 3.05) is 30.9 Å². The van der Waals surface area contributed by atoms with Gasteiger partial charge in [0.25, 0.3) is 11.5 Å². The fourth-order valence-electron chi connectivity index (χ4n) is 5.26. The zero-order valence-corrected chi connectivity index (χ0v) is 20.7. The molecule has 176 valence electrons. The largest absolute Gasteiger partial charge is 0.349 e. The maximum Gasteiger partial charge on any atom is 0.276 e. The number of hydrogen-bond donors (Lipinski definition) is 2. The molecule has 5 heterocycles. The first-order valence-corrected chi connectivity index (χ1v) is 13.2. The third-order valence-corrected chi connectivity index (χ3v) is 9.48. The van der Waals surface area contributed by atoms with Crippen LogP contribution in [0.1, 0.15) is 32.9 Å². The Morgan fingerprint density at radius 3 is 2.79 bits per heavy atom. The molecule has 1 atom stereocenters. The highest BCUT2D eigenvalue weighted by Gasteiger charge is 2.49. The van der Waals surface area contributed by atoms with Gasteiger partial charge in [-0.1, -0.05) is 0 Å². The van der Waals surface area contributed by atoms with E-state index in [0.29, 0.717) is 35.1 Å². The van der Waals surface area contributed by atoms with Gasteiger partial charge in [0.2, 0.25) is 5.91 Å². The SMILES string of the molecule is Cc1cc(Nc2ncnc3sc4c(c23)CCC(C(=O)N(C)C)C4)c(=O)n2c1C(=O)NC21CSC1. The van der Waals surface area contributed by atoms with Crippen LogP contribution in [0.15, 0.2) is 17.2 Å². The number of anilines is 2. The van der Waals surface area contributed by atoms with E-state index in [4.69, 9.17) is 0 Å². The number of carbonyl (C=O) groups is 2. The summed E-state index contributed by atoms with van der Waals surface area (Å²) >= 11 is 3.30. The molecule has 3 aromatic rings. The average molecular weight is 497 g/mol. The summed E-state index contributed by atoms with van der Waals surface area (Å²) in [6.45, 7) is 1.85. The molecule has 1 aliphatic carbocycles. The molecule has 0 radical (unpaired) electrons. The highest BCUT2D eigenvalue weighted by molar-refractivity contribution is 8.00. The first-order chi connectivity index (χ1) is 16.3. The lowest BCUT2D eigenvalue weighted by molar-refractivity contribution is -0.133. The van der Waals surface area contributed by atoms with E-state index in [2.05, 4.69) is 20.6 Å². The zero-order valence-electron chi connectivity index (χ0n) is 19.1. The van der Waals surface area contributed by atoms with Crippen molar-refractivity contribution < 1.29 is 9.59 Å². The van der Waals surface area contributed by atoms with Gasteiger partial charge in [0, 0.05) is 36.4 Å². The van der Waals surface area contributed by atoms with Gasteiger partial charge in [0.05, 0.1) is 5.39 Å². The van der Waals surface area contributed by atoms with Crippen molar-refractivity contribution in [2.24, 2.45) is 5.92 Å². The maximum atomic E-state index is 13.5. The first kappa shape index (κ1) is 21.6. The number of aromatic nitrogens is 3. The van der Waals surface area contributed by atoms with Crippen molar-refractivity contribution in [3.05, 3.63) is 44.4 Å². The van der Waals surface area contributed by atoms with Crippen molar-refractivity contribution in [1.82, 2.24) is 24.8 Å². The summed E-state index contributed by atoms with van der Waals surface area (Å²) in [6.07, 6.45) is 3.74. The van der Waals surface area contributed by atoms with E-state index in [-0.39, 0.29) is 23.3 Å². The Bertz CT molecular complexity index is 1440. The predicted molar refractivity (Wildman–Crippen MR) is 133 cm³/mol. The number of rotatable bonds is 3. The molecule has 3 aliphatic rings. The van der Waals surface area contributed by atoms with Gasteiger partial charge in [-0.2, -0.15) is 11.8 Å². The molecule has 1 saturated heterocycles. The molecule has 0 aromatic carbocycles. The minimum atomic E-state index is -0.632. The highest BCUT2D eigenvalue weighted by atomic mass is 32.2. The number of amides is 2. The number of nitrogens with zero attached hydrogens (tertiary/aromatic N) is 4. The Morgan fingerprint density at radius 2 is 2.09 bits per heavy atom. The number of aryl methyl sites for hydroxylation is 2. The summed E-state index contributed by atoms with van der Waals surface area (Å²) in [5, 5.41) is 7.21. The van der Waals surface area contributed by atoms with Crippen LogP contribution < -0.4 is 16.2 Å². The molecular formula is C23H24N6O3S2. The lowest BCUT2D eigenvalue weighted by Gasteiger charge is -2.38. The van der Waals surface area contributed by atoms with Crippen LogP contribution in [0.3, 0.4) is 0 Å². The van der Waals surface area contributed by atoms with Crippen molar-refractivity contribution in [3.63, 3.8) is 0 Å². The van der Waals surface area contributed by atoms with Gasteiger partial charge < -0.3 is 15.5 Å². The predicted octanol–water partition coefficient (Wildman–Crippen LogP) is 2.24. The minimum absolute atomic E-state index is 0.0227. The van der Waals surface area contributed by atoms with E-state index in [9.17, 15) is 14.4 Å². The molecule has 2 aliphatic heterocycles. The van der Waals surface area contributed by atoms with Gasteiger partial charge in [-0.25, -0.2) is 9.97 Å². The second kappa shape index (κ2) is 7.54. The lowest BCUT2D eigenvalue weighted by atomic mass is 9.87. The molecular weight excluding hydrogens is 472 g/mol. The van der Waals surface area contributed by atoms with Crippen LogP contribution in [0, 0.1) is 12.8 Å². The molecule has 9 nitrogen and oxygen atoms in total. The molecule has 0 saturated carbocycles. The molecule has 11 heteroatoms. The van der Waals surface area contributed by atoms with Crippen LogP contribution in [0.2, 0.25) is 0 Å². The Kier molecular flexibility index (Phi) is 4.79. The fraction of sp³-hybridized carbons (Fsp3) is 0.435. The number of hydrogen-bond acceptors (Lipinski definition) is 8. The normalized spacial score (nSPS) is 20.0. The smallest absolute Gasteiger partial charge is 0.276 e. The topological polar surface area (TPSA) is 109 Å². The van der Waals surface area contributed by atoms with Gasteiger partial charge in [-0.05, 0) is 43.4 Å². The monoisotopic (exact) mass is 496 g/mol. The van der Waals surface area contributed by atoms with Gasteiger partial charge in [-0.3, -0.25) is 19.0 Å². The maximum absolute atomic E-state index is 13.5. The Labute approximate surface area is 204 Å². The quantitative estimate of drug-likeness (QED) is 0.572. The summed E-state index contributed by atoms with van der Waals surface area (Å²) in [5.41, 5.74) is 1.88. The molecule has 1 fully saturated rings. The van der Waals surface area contributed by atoms with Crippen LogP contribution in [-0.2, 0) is 23.3 Å². The van der Waals surface area contributed by atoms with Crippen LogP contribution in [0.4, 0.5) is 11.5 Å². The van der Waals surface area contributed by atoms with Gasteiger partial charge in [0.15, 0.2) is 0 Å². The third kappa shape index (κ3) is 3.02. The number of fused-ring (bicyclic) bond motifs is 5. The fourth-order valence-corrected chi connectivity index (χ4v) is 7.52. The molecule has 1 unspecified atom stereocenters. The van der Waals surface area contributed by atoms with E-state index < -0.39 is 5.66 Å². The average Bonchev–Trinajstić information content (AvgIpc) is 3.32. The van der Waals surface area contributed by atoms with E-state index >= 15 is 0 Å². The van der Waals surface area contributed by atoms with Gasteiger partial charge in [-0.15, -0.1) is 11.3 Å². The van der Waals surface area contributed by atoms with Crippen LogP contribution in [0.25, 0.3) is 10.2 Å². The lowest BCUT2D eigenvalue weighted by Crippen LogP contribution is -2.57. The van der Waals surface area contributed by atoms with E-state index in [1.54, 1.807) is 52.7 Å². The highest BCUT2D eigenvalue weighted by Crippen LogP contribution is 2.41.